The average Bonchev–Trinajstić information content (AvgIpc) is 2.56. The first kappa shape index (κ1) is 16.2. The van der Waals surface area contributed by atoms with E-state index in [1.807, 2.05) is 37.4 Å². The van der Waals surface area contributed by atoms with Crippen LogP contribution in [0, 0.1) is 0 Å². The van der Waals surface area contributed by atoms with Crippen molar-refractivity contribution in [2.75, 3.05) is 18.2 Å². The summed E-state index contributed by atoms with van der Waals surface area (Å²) in [4.78, 5) is 13.2. The van der Waals surface area contributed by atoms with Crippen LogP contribution in [0.4, 0.5) is 5.69 Å². The van der Waals surface area contributed by atoms with Crippen molar-refractivity contribution < 1.29 is 9.53 Å². The maximum atomic E-state index is 12.1. The lowest BCUT2D eigenvalue weighted by molar-refractivity contribution is 0.104. The van der Waals surface area contributed by atoms with Crippen molar-refractivity contribution >= 4 is 23.2 Å². The summed E-state index contributed by atoms with van der Waals surface area (Å²) < 4.78 is 5.36. The molecule has 0 aromatic heterocycles. The van der Waals surface area contributed by atoms with Gasteiger partial charge in [0.15, 0.2) is 5.78 Å². The molecule has 0 aliphatic heterocycles. The zero-order valence-corrected chi connectivity index (χ0v) is 13.5. The van der Waals surface area contributed by atoms with Gasteiger partial charge < -0.3 is 10.1 Å². The van der Waals surface area contributed by atoms with Gasteiger partial charge in [-0.15, -0.1) is 11.8 Å². The summed E-state index contributed by atoms with van der Waals surface area (Å²) in [6.07, 6.45) is 5.23. The Morgan fingerprint density at radius 2 is 2.00 bits per heavy atom. The van der Waals surface area contributed by atoms with Crippen LogP contribution in [-0.2, 0) is 0 Å². The number of allylic oxidation sites excluding steroid dienone is 1. The fourth-order valence-electron chi connectivity index (χ4n) is 1.90. The van der Waals surface area contributed by atoms with Crippen molar-refractivity contribution in [3.63, 3.8) is 0 Å². The Hall–Kier alpha value is -2.20. The van der Waals surface area contributed by atoms with Gasteiger partial charge in [-0.2, -0.15) is 0 Å². The predicted molar refractivity (Wildman–Crippen MR) is 92.9 cm³/mol. The topological polar surface area (TPSA) is 38.3 Å². The Labute approximate surface area is 135 Å². The van der Waals surface area contributed by atoms with Crippen LogP contribution in [0.2, 0.25) is 0 Å². The van der Waals surface area contributed by atoms with Crippen molar-refractivity contribution in [3.05, 3.63) is 66.4 Å². The third kappa shape index (κ3) is 4.67. The predicted octanol–water partition coefficient (Wildman–Crippen LogP) is 4.62. The van der Waals surface area contributed by atoms with Crippen LogP contribution in [0.3, 0.4) is 0 Å². The smallest absolute Gasteiger partial charge is 0.187 e. The van der Waals surface area contributed by atoms with Crippen LogP contribution in [-0.4, -0.2) is 18.6 Å². The zero-order valence-electron chi connectivity index (χ0n) is 12.7. The lowest BCUT2D eigenvalue weighted by Crippen LogP contribution is -1.97. The molecule has 0 radical (unpaired) electrons. The van der Waals surface area contributed by atoms with Gasteiger partial charge in [0.05, 0.1) is 6.61 Å². The lowest BCUT2D eigenvalue weighted by atomic mass is 10.1. The maximum Gasteiger partial charge on any atom is 0.187 e. The Balaban J connectivity index is 1.95. The largest absolute Gasteiger partial charge is 0.494 e. The first-order chi connectivity index (χ1) is 10.7. The number of anilines is 1. The van der Waals surface area contributed by atoms with Crippen LogP contribution in [0.25, 0.3) is 0 Å². The third-order valence-electron chi connectivity index (χ3n) is 3.00. The standard InChI is InChI=1S/C18H19NO2S/c1-3-21-16-9-7-14(8-10-16)18(20)11-12-19-15-5-4-6-17(13-15)22-2/h4-13,19H,3H2,1-2H3. The fraction of sp³-hybridized carbons (Fsp3) is 0.167. The van der Waals surface area contributed by atoms with Crippen molar-refractivity contribution in [2.45, 2.75) is 11.8 Å². The lowest BCUT2D eigenvalue weighted by Gasteiger charge is -2.04. The van der Waals surface area contributed by atoms with Crippen LogP contribution >= 0.6 is 11.8 Å². The first-order valence-electron chi connectivity index (χ1n) is 7.07. The second-order valence-corrected chi connectivity index (χ2v) is 5.41. The number of thioether (sulfide) groups is 1. The van der Waals surface area contributed by atoms with Crippen molar-refractivity contribution in [3.8, 4) is 5.75 Å². The maximum absolute atomic E-state index is 12.1. The third-order valence-corrected chi connectivity index (χ3v) is 3.73. The summed E-state index contributed by atoms with van der Waals surface area (Å²) in [6, 6.07) is 15.2. The van der Waals surface area contributed by atoms with Crippen molar-refractivity contribution in [1.29, 1.82) is 0 Å². The molecule has 0 fully saturated rings. The normalized spacial score (nSPS) is 10.6. The Kier molecular flexibility index (Phi) is 6.10. The number of ketones is 1. The van der Waals surface area contributed by atoms with Gasteiger partial charge in [0.2, 0.25) is 0 Å². The number of rotatable bonds is 7. The molecule has 2 rings (SSSR count). The summed E-state index contributed by atoms with van der Waals surface area (Å²) >= 11 is 1.68. The fourth-order valence-corrected chi connectivity index (χ4v) is 2.36. The first-order valence-corrected chi connectivity index (χ1v) is 8.29. The molecule has 0 unspecified atom stereocenters. The summed E-state index contributed by atoms with van der Waals surface area (Å²) in [6.45, 7) is 2.55. The van der Waals surface area contributed by atoms with E-state index in [0.717, 1.165) is 11.4 Å². The van der Waals surface area contributed by atoms with Gasteiger partial charge in [-0.1, -0.05) is 6.07 Å². The quantitative estimate of drug-likeness (QED) is 0.460. The SMILES string of the molecule is CCOc1ccc(C(=O)C=CNc2cccc(SC)c2)cc1. The number of hydrogen-bond acceptors (Lipinski definition) is 4. The van der Waals surface area contributed by atoms with E-state index in [9.17, 15) is 4.79 Å². The molecule has 1 N–H and O–H groups in total. The van der Waals surface area contributed by atoms with Gasteiger partial charge in [0, 0.05) is 28.4 Å². The molecule has 0 spiro atoms. The summed E-state index contributed by atoms with van der Waals surface area (Å²) in [5.74, 6) is 0.728. The summed E-state index contributed by atoms with van der Waals surface area (Å²) in [5, 5.41) is 3.11. The highest BCUT2D eigenvalue weighted by Crippen LogP contribution is 2.19. The Morgan fingerprint density at radius 1 is 1.23 bits per heavy atom. The van der Waals surface area contributed by atoms with E-state index >= 15 is 0 Å². The van der Waals surface area contributed by atoms with E-state index in [1.165, 1.54) is 11.0 Å². The minimum absolute atomic E-state index is 0.0448. The van der Waals surface area contributed by atoms with Crippen LogP contribution in [0.1, 0.15) is 17.3 Å². The molecule has 22 heavy (non-hydrogen) atoms. The summed E-state index contributed by atoms with van der Waals surface area (Å²) in [5.41, 5.74) is 1.60. The number of hydrogen-bond donors (Lipinski definition) is 1. The molecule has 2 aromatic carbocycles. The van der Waals surface area contributed by atoms with Gasteiger partial charge in [-0.3, -0.25) is 4.79 Å². The number of benzene rings is 2. The van der Waals surface area contributed by atoms with Crippen LogP contribution < -0.4 is 10.1 Å². The zero-order chi connectivity index (χ0) is 15.8. The highest BCUT2D eigenvalue weighted by atomic mass is 32.2. The second kappa shape index (κ2) is 8.29. The van der Waals surface area contributed by atoms with E-state index in [0.29, 0.717) is 12.2 Å². The van der Waals surface area contributed by atoms with E-state index in [4.69, 9.17) is 4.74 Å². The van der Waals surface area contributed by atoms with Gasteiger partial charge in [0.1, 0.15) is 5.75 Å². The van der Waals surface area contributed by atoms with Crippen LogP contribution in [0.15, 0.2) is 65.7 Å². The Morgan fingerprint density at radius 3 is 2.68 bits per heavy atom. The average molecular weight is 313 g/mol. The minimum Gasteiger partial charge on any atom is -0.494 e. The van der Waals surface area contributed by atoms with Crippen molar-refractivity contribution in [1.82, 2.24) is 0 Å². The van der Waals surface area contributed by atoms with Gasteiger partial charge in [-0.25, -0.2) is 0 Å². The van der Waals surface area contributed by atoms with Gasteiger partial charge >= 0.3 is 0 Å². The Bertz CT molecular complexity index is 650. The number of ether oxygens (including phenoxy) is 1. The van der Waals surface area contributed by atoms with E-state index < -0.39 is 0 Å². The van der Waals surface area contributed by atoms with E-state index in [1.54, 1.807) is 42.2 Å². The molecule has 0 saturated heterocycles. The highest BCUT2D eigenvalue weighted by Gasteiger charge is 2.01. The molecule has 114 valence electrons. The molecule has 3 nitrogen and oxygen atoms in total. The molecular weight excluding hydrogens is 294 g/mol. The molecule has 0 atom stereocenters. The van der Waals surface area contributed by atoms with Crippen LogP contribution in [0.5, 0.6) is 5.75 Å². The van der Waals surface area contributed by atoms with Gasteiger partial charge in [-0.05, 0) is 55.6 Å². The molecule has 0 bridgehead atoms. The molecule has 0 saturated carbocycles. The van der Waals surface area contributed by atoms with Crippen molar-refractivity contribution in [2.24, 2.45) is 0 Å². The number of carbonyl (C=O) groups excluding carboxylic acids is 1. The molecule has 4 heteroatoms. The molecule has 0 aliphatic carbocycles. The molecule has 0 heterocycles. The summed E-state index contributed by atoms with van der Waals surface area (Å²) in [7, 11) is 0. The van der Waals surface area contributed by atoms with E-state index in [-0.39, 0.29) is 5.78 Å². The number of carbonyl (C=O) groups is 1. The molecule has 2 aromatic rings. The molecule has 0 amide bonds. The number of nitrogens with one attached hydrogen (secondary N) is 1. The molecular formula is C18H19NO2S. The minimum atomic E-state index is -0.0448. The van der Waals surface area contributed by atoms with E-state index in [2.05, 4.69) is 5.32 Å². The highest BCUT2D eigenvalue weighted by molar-refractivity contribution is 7.98. The van der Waals surface area contributed by atoms with Gasteiger partial charge in [0.25, 0.3) is 0 Å². The molecule has 0 aliphatic rings. The monoisotopic (exact) mass is 313 g/mol. The second-order valence-electron chi connectivity index (χ2n) is 4.53.